The van der Waals surface area contributed by atoms with Gasteiger partial charge in [-0.1, -0.05) is 70.2 Å². The molecule has 0 aromatic heterocycles. The Balaban J connectivity index is 1.74. The van der Waals surface area contributed by atoms with Gasteiger partial charge in [-0.3, -0.25) is 0 Å². The standard InChI is InChI=1S/C32H50O6/c1-21-14-15-36-27(17-21)12-13-29(33)31-20-24(4)25(5)30(34)19-23(3)16-22(2)18-28-10-6-8-26(37-28)9-7-11-32(35)38-31/h6-8,11-13,21-22,24-31,33-34H,3,9-10,14-20H2,1-2,4-5H3/b11-7-,13-12+/t21?,22?,24-,25?,26?,27?,28-,29?,30-,31?/m0/s1. The number of carbonyl (C=O) groups excluding carboxylic acids is 1. The van der Waals surface area contributed by atoms with E-state index in [1.54, 1.807) is 12.2 Å². The molecule has 0 aliphatic carbocycles. The molecule has 0 amide bonds. The Hall–Kier alpha value is -1.73. The molecule has 6 heteroatoms. The zero-order valence-corrected chi connectivity index (χ0v) is 23.8. The van der Waals surface area contributed by atoms with Crippen LogP contribution < -0.4 is 0 Å². The van der Waals surface area contributed by atoms with Gasteiger partial charge in [0.1, 0.15) is 12.2 Å². The van der Waals surface area contributed by atoms with E-state index < -0.39 is 24.3 Å². The molecule has 2 N–H and O–H groups in total. The molecule has 2 bridgehead atoms. The summed E-state index contributed by atoms with van der Waals surface area (Å²) < 4.78 is 17.9. The topological polar surface area (TPSA) is 85.2 Å². The predicted molar refractivity (Wildman–Crippen MR) is 150 cm³/mol. The van der Waals surface area contributed by atoms with Crippen molar-refractivity contribution in [3.05, 3.63) is 48.6 Å². The summed E-state index contributed by atoms with van der Waals surface area (Å²) in [7, 11) is 0. The summed E-state index contributed by atoms with van der Waals surface area (Å²) in [6.45, 7) is 13.5. The molecular formula is C32H50O6. The zero-order chi connectivity index (χ0) is 27.7. The van der Waals surface area contributed by atoms with Crippen molar-refractivity contribution >= 4 is 5.97 Å². The van der Waals surface area contributed by atoms with Crippen LogP contribution in [0.15, 0.2) is 48.6 Å². The van der Waals surface area contributed by atoms with E-state index in [4.69, 9.17) is 14.2 Å². The maximum atomic E-state index is 12.8. The largest absolute Gasteiger partial charge is 0.456 e. The molecular weight excluding hydrogens is 480 g/mol. The maximum Gasteiger partial charge on any atom is 0.330 e. The lowest BCUT2D eigenvalue weighted by atomic mass is 9.82. The van der Waals surface area contributed by atoms with Crippen LogP contribution in [0, 0.1) is 23.7 Å². The van der Waals surface area contributed by atoms with E-state index in [2.05, 4.69) is 32.6 Å². The predicted octanol–water partition coefficient (Wildman–Crippen LogP) is 5.69. The Kier molecular flexibility index (Phi) is 12.3. The van der Waals surface area contributed by atoms with Gasteiger partial charge >= 0.3 is 5.97 Å². The number of ether oxygens (including phenoxy) is 3. The summed E-state index contributed by atoms with van der Waals surface area (Å²) in [6.07, 6.45) is 15.0. The molecule has 10 atom stereocenters. The van der Waals surface area contributed by atoms with Crippen molar-refractivity contribution in [2.24, 2.45) is 23.7 Å². The third-order valence-electron chi connectivity index (χ3n) is 8.40. The van der Waals surface area contributed by atoms with Crippen molar-refractivity contribution in [1.29, 1.82) is 0 Å². The summed E-state index contributed by atoms with van der Waals surface area (Å²) in [5, 5.41) is 22.1. The minimum atomic E-state index is -0.966. The van der Waals surface area contributed by atoms with Crippen molar-refractivity contribution in [3.8, 4) is 0 Å². The number of hydrogen-bond donors (Lipinski definition) is 2. The fraction of sp³-hybridized carbons (Fsp3) is 0.719. The summed E-state index contributed by atoms with van der Waals surface area (Å²) in [6, 6.07) is 0. The summed E-state index contributed by atoms with van der Waals surface area (Å²) in [5.74, 6) is 0.469. The third-order valence-corrected chi connectivity index (χ3v) is 8.40. The highest BCUT2D eigenvalue weighted by Gasteiger charge is 2.30. The van der Waals surface area contributed by atoms with Gasteiger partial charge in [0, 0.05) is 12.7 Å². The Bertz CT molecular complexity index is 847. The quantitative estimate of drug-likeness (QED) is 0.360. The molecule has 3 aliphatic rings. The van der Waals surface area contributed by atoms with Gasteiger partial charge in [-0.05, 0) is 75.0 Å². The van der Waals surface area contributed by atoms with Crippen LogP contribution in [0.3, 0.4) is 0 Å². The first-order valence-electron chi connectivity index (χ1n) is 14.6. The first-order chi connectivity index (χ1) is 18.1. The molecule has 1 fully saturated rings. The van der Waals surface area contributed by atoms with Crippen molar-refractivity contribution in [3.63, 3.8) is 0 Å². The lowest BCUT2D eigenvalue weighted by molar-refractivity contribution is -0.148. The number of rotatable bonds is 3. The monoisotopic (exact) mass is 530 g/mol. The highest BCUT2D eigenvalue weighted by molar-refractivity contribution is 5.82. The molecule has 0 aromatic carbocycles. The Morgan fingerprint density at radius 3 is 2.61 bits per heavy atom. The van der Waals surface area contributed by atoms with Crippen molar-refractivity contribution in [2.45, 2.75) is 116 Å². The number of aliphatic hydroxyl groups is 2. The van der Waals surface area contributed by atoms with Crippen LogP contribution in [0.2, 0.25) is 0 Å². The lowest BCUT2D eigenvalue weighted by Crippen LogP contribution is -2.35. The lowest BCUT2D eigenvalue weighted by Gasteiger charge is -2.31. The summed E-state index contributed by atoms with van der Waals surface area (Å²) in [4.78, 5) is 12.8. The Morgan fingerprint density at radius 1 is 1.05 bits per heavy atom. The summed E-state index contributed by atoms with van der Waals surface area (Å²) >= 11 is 0. The molecule has 3 aliphatic heterocycles. The van der Waals surface area contributed by atoms with E-state index in [0.29, 0.717) is 37.7 Å². The fourth-order valence-corrected chi connectivity index (χ4v) is 5.81. The number of esters is 1. The molecule has 0 saturated carbocycles. The smallest absolute Gasteiger partial charge is 0.330 e. The van der Waals surface area contributed by atoms with Gasteiger partial charge in [-0.25, -0.2) is 4.79 Å². The normalized spacial score (nSPS) is 40.2. The Morgan fingerprint density at radius 2 is 1.84 bits per heavy atom. The number of aliphatic hydroxyl groups excluding tert-OH is 2. The van der Waals surface area contributed by atoms with Crippen LogP contribution in [0.5, 0.6) is 0 Å². The van der Waals surface area contributed by atoms with Crippen LogP contribution >= 0.6 is 0 Å². The fourth-order valence-electron chi connectivity index (χ4n) is 5.81. The van der Waals surface area contributed by atoms with E-state index in [9.17, 15) is 15.0 Å². The van der Waals surface area contributed by atoms with E-state index in [1.165, 1.54) is 6.08 Å². The minimum Gasteiger partial charge on any atom is -0.456 e. The molecule has 1 saturated heterocycles. The molecule has 6 nitrogen and oxygen atoms in total. The molecule has 214 valence electrons. The second-order valence-corrected chi connectivity index (χ2v) is 12.1. The second kappa shape index (κ2) is 15.2. The van der Waals surface area contributed by atoms with E-state index >= 15 is 0 Å². The molecule has 3 rings (SSSR count). The van der Waals surface area contributed by atoms with Gasteiger partial charge in [0.15, 0.2) is 0 Å². The van der Waals surface area contributed by atoms with Crippen LogP contribution in [-0.4, -0.2) is 59.4 Å². The highest BCUT2D eigenvalue weighted by Crippen LogP contribution is 2.30. The van der Waals surface area contributed by atoms with E-state index in [1.807, 2.05) is 19.9 Å². The molecule has 0 radical (unpaired) electrons. The highest BCUT2D eigenvalue weighted by atomic mass is 16.6. The van der Waals surface area contributed by atoms with Crippen molar-refractivity contribution < 1.29 is 29.2 Å². The van der Waals surface area contributed by atoms with Crippen LogP contribution in [0.25, 0.3) is 0 Å². The van der Waals surface area contributed by atoms with Gasteiger partial charge in [0.2, 0.25) is 0 Å². The minimum absolute atomic E-state index is 0.0165. The number of hydrogen-bond acceptors (Lipinski definition) is 6. The van der Waals surface area contributed by atoms with Gasteiger partial charge in [0.25, 0.3) is 0 Å². The number of cyclic esters (lactones) is 1. The van der Waals surface area contributed by atoms with Crippen LogP contribution in [-0.2, 0) is 19.0 Å². The van der Waals surface area contributed by atoms with Crippen LogP contribution in [0.4, 0.5) is 0 Å². The summed E-state index contributed by atoms with van der Waals surface area (Å²) in [5.41, 5.74) is 1.05. The first-order valence-corrected chi connectivity index (χ1v) is 14.6. The maximum absolute atomic E-state index is 12.8. The number of fused-ring (bicyclic) bond motifs is 2. The molecule has 0 spiro atoms. The van der Waals surface area contributed by atoms with Crippen molar-refractivity contribution in [1.82, 2.24) is 0 Å². The third kappa shape index (κ3) is 10.1. The number of carbonyl (C=O) groups is 1. The zero-order valence-electron chi connectivity index (χ0n) is 23.8. The SMILES string of the molecule is C=C1CC(C)C[C@@H]2CC=CC(C/C=C\C(=O)OC(C(O)/C=C/C3CC(C)CCO3)C[C@H](C)C(C)[C@@H](O)C1)O2. The van der Waals surface area contributed by atoms with E-state index in [0.717, 1.165) is 37.7 Å². The average molecular weight is 531 g/mol. The van der Waals surface area contributed by atoms with Gasteiger partial charge in [0.05, 0.1) is 24.4 Å². The van der Waals surface area contributed by atoms with E-state index in [-0.39, 0.29) is 30.1 Å². The van der Waals surface area contributed by atoms with Gasteiger partial charge in [-0.2, -0.15) is 0 Å². The molecule has 38 heavy (non-hydrogen) atoms. The molecule has 0 aromatic rings. The van der Waals surface area contributed by atoms with Crippen LogP contribution in [0.1, 0.15) is 79.1 Å². The second-order valence-electron chi connectivity index (χ2n) is 12.1. The molecule has 3 heterocycles. The first kappa shape index (κ1) is 30.8. The average Bonchev–Trinajstić information content (AvgIpc) is 2.85. The Labute approximate surface area is 229 Å². The van der Waals surface area contributed by atoms with Gasteiger partial charge in [-0.15, -0.1) is 0 Å². The van der Waals surface area contributed by atoms with Gasteiger partial charge < -0.3 is 24.4 Å². The molecule has 7 unspecified atom stereocenters. The van der Waals surface area contributed by atoms with Crippen molar-refractivity contribution in [2.75, 3.05) is 6.61 Å².